The molecule has 0 fully saturated rings. The van der Waals surface area contributed by atoms with Gasteiger partial charge >= 0.3 is 0 Å². The summed E-state index contributed by atoms with van der Waals surface area (Å²) in [5, 5.41) is 8.69. The van der Waals surface area contributed by atoms with E-state index in [1.807, 2.05) is 7.05 Å². The molecule has 0 amide bonds. The van der Waals surface area contributed by atoms with E-state index >= 15 is 0 Å². The third-order valence-electron chi connectivity index (χ3n) is 3.40. The van der Waals surface area contributed by atoms with E-state index in [4.69, 9.17) is 10.8 Å². The molecule has 0 aromatic heterocycles. The van der Waals surface area contributed by atoms with Crippen LogP contribution in [0.2, 0.25) is 0 Å². The van der Waals surface area contributed by atoms with Gasteiger partial charge in [0, 0.05) is 18.2 Å². The summed E-state index contributed by atoms with van der Waals surface area (Å²) in [5.41, 5.74) is 6.16. The number of benzene rings is 1. The topological polar surface area (TPSA) is 49.5 Å². The van der Waals surface area contributed by atoms with Crippen molar-refractivity contribution in [1.29, 1.82) is 0 Å². The molecule has 0 aliphatic rings. The largest absolute Gasteiger partial charge is 0.396 e. The lowest BCUT2D eigenvalue weighted by atomic mass is 10.0. The van der Waals surface area contributed by atoms with E-state index < -0.39 is 17.7 Å². The number of hydrogen-bond acceptors (Lipinski definition) is 3. The number of nitrogens with zero attached hydrogens (tertiary/aromatic N) is 1. The van der Waals surface area contributed by atoms with Gasteiger partial charge in [0.25, 0.3) is 0 Å². The summed E-state index contributed by atoms with van der Waals surface area (Å²) in [4.78, 5) is 2.12. The van der Waals surface area contributed by atoms with Gasteiger partial charge in [-0.3, -0.25) is 0 Å². The van der Waals surface area contributed by atoms with Crippen LogP contribution in [-0.4, -0.2) is 36.8 Å². The minimum absolute atomic E-state index is 0.230. The van der Waals surface area contributed by atoms with Crippen LogP contribution >= 0.6 is 0 Å². The summed E-state index contributed by atoms with van der Waals surface area (Å²) < 4.78 is 26.7. The first-order valence-electron chi connectivity index (χ1n) is 7.05. The summed E-state index contributed by atoms with van der Waals surface area (Å²) in [5.74, 6) is -1.69. The van der Waals surface area contributed by atoms with Crippen molar-refractivity contribution in [1.82, 2.24) is 4.90 Å². The highest BCUT2D eigenvalue weighted by molar-refractivity contribution is 5.22. The van der Waals surface area contributed by atoms with Crippen molar-refractivity contribution in [2.45, 2.75) is 31.7 Å². The Labute approximate surface area is 119 Å². The molecule has 0 saturated carbocycles. The van der Waals surface area contributed by atoms with Crippen LogP contribution in [0.25, 0.3) is 0 Å². The van der Waals surface area contributed by atoms with Gasteiger partial charge in [-0.15, -0.1) is 0 Å². The van der Waals surface area contributed by atoms with E-state index in [1.54, 1.807) is 0 Å². The molecule has 0 bridgehead atoms. The monoisotopic (exact) mass is 286 g/mol. The number of halogens is 2. The Hall–Kier alpha value is -1.04. The summed E-state index contributed by atoms with van der Waals surface area (Å²) in [6.07, 6.45) is 3.41. The van der Waals surface area contributed by atoms with E-state index in [1.165, 1.54) is 12.1 Å². The minimum Gasteiger partial charge on any atom is -0.396 e. The number of nitrogens with two attached hydrogens (primary N) is 1. The molecule has 114 valence electrons. The molecule has 0 aliphatic carbocycles. The van der Waals surface area contributed by atoms with Crippen LogP contribution < -0.4 is 5.73 Å². The van der Waals surface area contributed by atoms with Gasteiger partial charge in [0.1, 0.15) is 0 Å². The Balaban J connectivity index is 2.35. The van der Waals surface area contributed by atoms with Crippen molar-refractivity contribution in [2.75, 3.05) is 26.7 Å². The maximum atomic E-state index is 13.6. The van der Waals surface area contributed by atoms with Gasteiger partial charge in [0.2, 0.25) is 0 Å². The predicted molar refractivity (Wildman–Crippen MR) is 76.3 cm³/mol. The van der Waals surface area contributed by atoms with Crippen LogP contribution in [0.3, 0.4) is 0 Å². The van der Waals surface area contributed by atoms with Gasteiger partial charge in [-0.25, -0.2) is 8.78 Å². The second-order valence-corrected chi connectivity index (χ2v) is 5.13. The van der Waals surface area contributed by atoms with Crippen LogP contribution in [0.15, 0.2) is 18.2 Å². The fraction of sp³-hybridized carbons (Fsp3) is 0.600. The van der Waals surface area contributed by atoms with E-state index in [0.29, 0.717) is 6.42 Å². The fourth-order valence-corrected chi connectivity index (χ4v) is 2.10. The highest BCUT2D eigenvalue weighted by Gasteiger charge is 2.14. The molecule has 3 nitrogen and oxygen atoms in total. The third kappa shape index (κ3) is 5.53. The lowest BCUT2D eigenvalue weighted by Gasteiger charge is -2.19. The second-order valence-electron chi connectivity index (χ2n) is 5.13. The molecule has 0 radical (unpaired) electrons. The van der Waals surface area contributed by atoms with E-state index in [0.717, 1.165) is 38.4 Å². The normalized spacial score (nSPS) is 12.9. The van der Waals surface area contributed by atoms with Crippen LogP contribution in [-0.2, 0) is 0 Å². The molecule has 1 aromatic rings. The zero-order valence-corrected chi connectivity index (χ0v) is 12.0. The predicted octanol–water partition coefficient (Wildman–Crippen LogP) is 2.45. The number of aliphatic hydroxyl groups is 1. The van der Waals surface area contributed by atoms with E-state index in [-0.39, 0.29) is 12.2 Å². The van der Waals surface area contributed by atoms with Crippen molar-refractivity contribution in [3.8, 4) is 0 Å². The molecule has 1 rings (SSSR count). The first kappa shape index (κ1) is 17.0. The van der Waals surface area contributed by atoms with Crippen LogP contribution in [0, 0.1) is 11.6 Å². The standard InChI is InChI=1S/C15H24F2N2O/c1-19(9-3-2-4-11-20)10-8-14(18)12-6-5-7-13(16)15(12)17/h5-7,14,20H,2-4,8-11,18H2,1H3. The first-order chi connectivity index (χ1) is 9.56. The molecule has 1 aromatic carbocycles. The van der Waals surface area contributed by atoms with Gasteiger partial charge in [-0.05, 0) is 51.9 Å². The SMILES string of the molecule is CN(CCCCCO)CCC(N)c1cccc(F)c1F. The zero-order valence-electron chi connectivity index (χ0n) is 12.0. The lowest BCUT2D eigenvalue weighted by Crippen LogP contribution is -2.25. The maximum absolute atomic E-state index is 13.6. The highest BCUT2D eigenvalue weighted by Crippen LogP contribution is 2.20. The molecule has 1 atom stereocenters. The van der Waals surface area contributed by atoms with Crippen molar-refractivity contribution in [3.05, 3.63) is 35.4 Å². The molecular formula is C15H24F2N2O. The Morgan fingerprint density at radius 3 is 2.65 bits per heavy atom. The van der Waals surface area contributed by atoms with Crippen LogP contribution in [0.1, 0.15) is 37.3 Å². The van der Waals surface area contributed by atoms with Gasteiger partial charge in [0.05, 0.1) is 0 Å². The molecule has 3 N–H and O–H groups in total. The number of hydrogen-bond donors (Lipinski definition) is 2. The maximum Gasteiger partial charge on any atom is 0.163 e. The number of unbranched alkanes of at least 4 members (excludes halogenated alkanes) is 2. The summed E-state index contributed by atoms with van der Waals surface area (Å²) in [7, 11) is 1.98. The fourth-order valence-electron chi connectivity index (χ4n) is 2.10. The zero-order chi connectivity index (χ0) is 15.0. The Morgan fingerprint density at radius 1 is 1.20 bits per heavy atom. The van der Waals surface area contributed by atoms with E-state index in [2.05, 4.69) is 4.90 Å². The van der Waals surface area contributed by atoms with Crippen molar-refractivity contribution >= 4 is 0 Å². The van der Waals surface area contributed by atoms with Crippen molar-refractivity contribution in [2.24, 2.45) is 5.73 Å². The van der Waals surface area contributed by atoms with Gasteiger partial charge < -0.3 is 15.7 Å². The molecule has 0 heterocycles. The highest BCUT2D eigenvalue weighted by atomic mass is 19.2. The smallest absolute Gasteiger partial charge is 0.163 e. The van der Waals surface area contributed by atoms with Crippen LogP contribution in [0.4, 0.5) is 8.78 Å². The summed E-state index contributed by atoms with van der Waals surface area (Å²) in [6, 6.07) is 3.61. The van der Waals surface area contributed by atoms with Gasteiger partial charge in [0.15, 0.2) is 11.6 Å². The Kier molecular flexibility index (Phi) is 7.65. The quantitative estimate of drug-likeness (QED) is 0.686. The summed E-state index contributed by atoms with van der Waals surface area (Å²) >= 11 is 0. The van der Waals surface area contributed by atoms with Crippen molar-refractivity contribution in [3.63, 3.8) is 0 Å². The average molecular weight is 286 g/mol. The first-order valence-corrected chi connectivity index (χ1v) is 7.05. The molecule has 5 heteroatoms. The summed E-state index contributed by atoms with van der Waals surface area (Å²) in [6.45, 7) is 1.88. The second kappa shape index (κ2) is 9.00. The third-order valence-corrected chi connectivity index (χ3v) is 3.40. The molecular weight excluding hydrogens is 262 g/mol. The Morgan fingerprint density at radius 2 is 1.95 bits per heavy atom. The molecule has 20 heavy (non-hydrogen) atoms. The lowest BCUT2D eigenvalue weighted by molar-refractivity contribution is 0.270. The van der Waals surface area contributed by atoms with Gasteiger partial charge in [-0.1, -0.05) is 12.1 Å². The molecule has 1 unspecified atom stereocenters. The Bertz CT molecular complexity index is 401. The average Bonchev–Trinajstić information content (AvgIpc) is 2.44. The number of rotatable bonds is 9. The molecule has 0 spiro atoms. The minimum atomic E-state index is -0.852. The molecule has 0 aliphatic heterocycles. The van der Waals surface area contributed by atoms with Gasteiger partial charge in [-0.2, -0.15) is 0 Å². The molecule has 0 saturated heterocycles. The van der Waals surface area contributed by atoms with E-state index in [9.17, 15) is 8.78 Å². The number of aliphatic hydroxyl groups excluding tert-OH is 1. The van der Waals surface area contributed by atoms with Crippen molar-refractivity contribution < 1.29 is 13.9 Å². The van der Waals surface area contributed by atoms with Crippen LogP contribution in [0.5, 0.6) is 0 Å².